The SMILES string of the molecule is Cc1cc(-c2cc(C(=O)N3CCC4(CCNC4)CC3)c3c(C)noc3n2)c(C)o1. The summed E-state index contributed by atoms with van der Waals surface area (Å²) in [6, 6.07) is 3.81. The molecule has 5 heterocycles. The third-order valence-corrected chi connectivity index (χ3v) is 6.61. The Balaban J connectivity index is 1.52. The van der Waals surface area contributed by atoms with Crippen LogP contribution in [0.25, 0.3) is 22.4 Å². The second kappa shape index (κ2) is 6.69. The van der Waals surface area contributed by atoms with Gasteiger partial charge in [-0.25, -0.2) is 4.98 Å². The third kappa shape index (κ3) is 3.04. The Kier molecular flexibility index (Phi) is 4.24. The summed E-state index contributed by atoms with van der Waals surface area (Å²) in [6.45, 7) is 9.39. The van der Waals surface area contributed by atoms with Gasteiger partial charge in [0, 0.05) is 25.2 Å². The van der Waals surface area contributed by atoms with E-state index in [1.165, 1.54) is 6.42 Å². The topological polar surface area (TPSA) is 84.4 Å². The number of amides is 1. The van der Waals surface area contributed by atoms with Crippen LogP contribution in [0.4, 0.5) is 0 Å². The molecule has 0 bridgehead atoms. The molecule has 0 aliphatic carbocycles. The number of nitrogens with zero attached hydrogens (tertiary/aromatic N) is 3. The summed E-state index contributed by atoms with van der Waals surface area (Å²) in [5, 5.41) is 8.25. The smallest absolute Gasteiger partial charge is 0.259 e. The monoisotopic (exact) mass is 394 g/mol. The van der Waals surface area contributed by atoms with E-state index in [1.807, 2.05) is 37.8 Å². The fourth-order valence-electron chi connectivity index (χ4n) is 4.86. The molecule has 7 nitrogen and oxygen atoms in total. The lowest BCUT2D eigenvalue weighted by atomic mass is 9.77. The Morgan fingerprint density at radius 1 is 1.17 bits per heavy atom. The molecule has 2 fully saturated rings. The maximum atomic E-state index is 13.5. The van der Waals surface area contributed by atoms with Crippen LogP contribution < -0.4 is 5.32 Å². The molecule has 0 atom stereocenters. The predicted octanol–water partition coefficient (Wildman–Crippen LogP) is 3.62. The number of piperidine rings is 1. The molecule has 2 saturated heterocycles. The van der Waals surface area contributed by atoms with Crippen LogP contribution in [0.1, 0.15) is 46.8 Å². The first kappa shape index (κ1) is 18.4. The van der Waals surface area contributed by atoms with Crippen molar-refractivity contribution in [3.8, 4) is 11.3 Å². The first-order valence-corrected chi connectivity index (χ1v) is 10.3. The molecular formula is C22H26N4O3. The van der Waals surface area contributed by atoms with E-state index in [0.29, 0.717) is 33.5 Å². The molecule has 152 valence electrons. The van der Waals surface area contributed by atoms with E-state index in [0.717, 1.165) is 56.1 Å². The lowest BCUT2D eigenvalue weighted by Crippen LogP contribution is -2.44. The fraction of sp³-hybridized carbons (Fsp3) is 0.500. The number of aromatic nitrogens is 2. The standard InChI is InChI=1S/C22H26N4O3/c1-13-10-16(15(3)28-13)18-11-17(19-14(2)25-29-20(19)24-18)21(27)26-8-5-22(6-9-26)4-7-23-12-22/h10-11,23H,4-9,12H2,1-3H3. The van der Waals surface area contributed by atoms with Gasteiger partial charge in [0.05, 0.1) is 22.3 Å². The molecule has 29 heavy (non-hydrogen) atoms. The van der Waals surface area contributed by atoms with Crippen molar-refractivity contribution >= 4 is 17.0 Å². The molecule has 2 aliphatic heterocycles. The number of aryl methyl sites for hydroxylation is 3. The van der Waals surface area contributed by atoms with E-state index in [2.05, 4.69) is 15.5 Å². The van der Waals surface area contributed by atoms with Gasteiger partial charge in [-0.3, -0.25) is 4.79 Å². The van der Waals surface area contributed by atoms with Crippen LogP contribution >= 0.6 is 0 Å². The molecular weight excluding hydrogens is 368 g/mol. The number of furan rings is 1. The van der Waals surface area contributed by atoms with Gasteiger partial charge in [-0.05, 0) is 64.1 Å². The Bertz CT molecular complexity index is 1080. The molecule has 1 N–H and O–H groups in total. The summed E-state index contributed by atoms with van der Waals surface area (Å²) in [6.07, 6.45) is 3.31. The maximum Gasteiger partial charge on any atom is 0.259 e. The summed E-state index contributed by atoms with van der Waals surface area (Å²) in [5.41, 5.74) is 3.63. The van der Waals surface area contributed by atoms with Gasteiger partial charge < -0.3 is 19.2 Å². The number of carbonyl (C=O) groups is 1. The number of rotatable bonds is 2. The highest BCUT2D eigenvalue weighted by molar-refractivity contribution is 6.07. The van der Waals surface area contributed by atoms with E-state index in [1.54, 1.807) is 0 Å². The average molecular weight is 394 g/mol. The van der Waals surface area contributed by atoms with Crippen LogP contribution in [0.15, 0.2) is 21.1 Å². The normalized spacial score (nSPS) is 18.8. The summed E-state index contributed by atoms with van der Waals surface area (Å²) in [4.78, 5) is 20.1. The van der Waals surface area contributed by atoms with Crippen molar-refractivity contribution in [1.82, 2.24) is 20.4 Å². The van der Waals surface area contributed by atoms with Gasteiger partial charge in [-0.1, -0.05) is 5.16 Å². The van der Waals surface area contributed by atoms with Gasteiger partial charge in [0.25, 0.3) is 11.6 Å². The lowest BCUT2D eigenvalue weighted by Gasteiger charge is -2.39. The molecule has 2 aliphatic rings. The van der Waals surface area contributed by atoms with Crippen LogP contribution in [0.5, 0.6) is 0 Å². The van der Waals surface area contributed by atoms with Crippen LogP contribution in [0, 0.1) is 26.2 Å². The van der Waals surface area contributed by atoms with E-state index in [9.17, 15) is 4.79 Å². The zero-order chi connectivity index (χ0) is 20.2. The molecule has 3 aromatic heterocycles. The number of hydrogen-bond donors (Lipinski definition) is 1. The number of nitrogens with one attached hydrogen (secondary N) is 1. The van der Waals surface area contributed by atoms with E-state index in [-0.39, 0.29) is 5.91 Å². The van der Waals surface area contributed by atoms with Crippen molar-refractivity contribution in [1.29, 1.82) is 0 Å². The molecule has 5 rings (SSSR count). The van der Waals surface area contributed by atoms with Gasteiger partial charge in [0.2, 0.25) is 0 Å². The van der Waals surface area contributed by atoms with Gasteiger partial charge in [-0.2, -0.15) is 0 Å². The first-order chi connectivity index (χ1) is 14.0. The minimum Gasteiger partial charge on any atom is -0.466 e. The number of pyridine rings is 1. The number of hydrogen-bond acceptors (Lipinski definition) is 6. The van der Waals surface area contributed by atoms with Crippen molar-refractivity contribution in [3.05, 3.63) is 34.9 Å². The van der Waals surface area contributed by atoms with Crippen molar-refractivity contribution in [2.45, 2.75) is 40.0 Å². The summed E-state index contributed by atoms with van der Waals surface area (Å²) in [7, 11) is 0. The molecule has 7 heteroatoms. The number of likely N-dealkylation sites (tertiary alicyclic amines) is 1. The van der Waals surface area contributed by atoms with Gasteiger partial charge in [-0.15, -0.1) is 0 Å². The van der Waals surface area contributed by atoms with Crippen molar-refractivity contribution < 1.29 is 13.7 Å². The molecule has 0 unspecified atom stereocenters. The molecule has 1 spiro atoms. The lowest BCUT2D eigenvalue weighted by molar-refractivity contribution is 0.0609. The number of carbonyl (C=O) groups excluding carboxylic acids is 1. The summed E-state index contributed by atoms with van der Waals surface area (Å²) in [5.74, 6) is 1.62. The van der Waals surface area contributed by atoms with Crippen molar-refractivity contribution in [2.75, 3.05) is 26.2 Å². The van der Waals surface area contributed by atoms with Gasteiger partial charge in [0.15, 0.2) is 0 Å². The van der Waals surface area contributed by atoms with Crippen molar-refractivity contribution in [2.24, 2.45) is 5.41 Å². The molecule has 0 saturated carbocycles. The second-order valence-electron chi connectivity index (χ2n) is 8.55. The highest BCUT2D eigenvalue weighted by Crippen LogP contribution is 2.38. The van der Waals surface area contributed by atoms with E-state index in [4.69, 9.17) is 8.94 Å². The quantitative estimate of drug-likeness (QED) is 0.715. The van der Waals surface area contributed by atoms with Gasteiger partial charge >= 0.3 is 0 Å². The summed E-state index contributed by atoms with van der Waals surface area (Å²) < 4.78 is 11.1. The Labute approximate surface area is 169 Å². The first-order valence-electron chi connectivity index (χ1n) is 10.3. The fourth-order valence-corrected chi connectivity index (χ4v) is 4.86. The largest absolute Gasteiger partial charge is 0.466 e. The zero-order valence-electron chi connectivity index (χ0n) is 17.2. The Morgan fingerprint density at radius 3 is 2.62 bits per heavy atom. The van der Waals surface area contributed by atoms with Crippen LogP contribution in [-0.4, -0.2) is 47.1 Å². The molecule has 1 amide bonds. The minimum atomic E-state index is 0.0311. The molecule has 0 radical (unpaired) electrons. The molecule has 0 aromatic carbocycles. The second-order valence-corrected chi connectivity index (χ2v) is 8.55. The summed E-state index contributed by atoms with van der Waals surface area (Å²) >= 11 is 0. The van der Waals surface area contributed by atoms with Crippen LogP contribution in [0.2, 0.25) is 0 Å². The zero-order valence-corrected chi connectivity index (χ0v) is 17.2. The van der Waals surface area contributed by atoms with Crippen LogP contribution in [0.3, 0.4) is 0 Å². The Morgan fingerprint density at radius 2 is 1.97 bits per heavy atom. The molecule has 3 aromatic rings. The van der Waals surface area contributed by atoms with E-state index >= 15 is 0 Å². The van der Waals surface area contributed by atoms with Crippen molar-refractivity contribution in [3.63, 3.8) is 0 Å². The maximum absolute atomic E-state index is 13.5. The highest BCUT2D eigenvalue weighted by atomic mass is 16.5. The average Bonchev–Trinajstić information content (AvgIpc) is 3.41. The Hall–Kier alpha value is -2.67. The van der Waals surface area contributed by atoms with Crippen LogP contribution in [-0.2, 0) is 0 Å². The minimum absolute atomic E-state index is 0.0311. The van der Waals surface area contributed by atoms with E-state index < -0.39 is 0 Å². The van der Waals surface area contributed by atoms with Gasteiger partial charge in [0.1, 0.15) is 11.5 Å². The third-order valence-electron chi connectivity index (χ3n) is 6.61. The number of fused-ring (bicyclic) bond motifs is 1. The highest BCUT2D eigenvalue weighted by Gasteiger charge is 2.38. The predicted molar refractivity (Wildman–Crippen MR) is 109 cm³/mol.